The summed E-state index contributed by atoms with van der Waals surface area (Å²) in [6.07, 6.45) is 1.82. The fraction of sp³-hybridized carbons (Fsp3) is 0.389. The molecule has 0 unspecified atom stereocenters. The molecule has 0 aliphatic rings. The van der Waals surface area contributed by atoms with E-state index in [9.17, 15) is 9.59 Å². The number of benzene rings is 1. The molecule has 0 amide bonds. The van der Waals surface area contributed by atoms with Crippen molar-refractivity contribution in [3.8, 4) is 0 Å². The van der Waals surface area contributed by atoms with Crippen LogP contribution in [0, 0.1) is 0 Å². The van der Waals surface area contributed by atoms with Gasteiger partial charge in [-0.3, -0.25) is 9.78 Å². The minimum atomic E-state index is -0.357. The summed E-state index contributed by atoms with van der Waals surface area (Å²) in [5.74, 6) is 0.139. The van der Waals surface area contributed by atoms with Gasteiger partial charge in [-0.2, -0.15) is 0 Å². The summed E-state index contributed by atoms with van der Waals surface area (Å²) < 4.78 is 5.20. The number of anilines is 2. The van der Waals surface area contributed by atoms with Crippen molar-refractivity contribution in [1.82, 2.24) is 9.97 Å². The molecule has 6 heteroatoms. The summed E-state index contributed by atoms with van der Waals surface area (Å²) in [7, 11) is 0. The number of aromatic nitrogens is 2. The van der Waals surface area contributed by atoms with Gasteiger partial charge in [0, 0.05) is 11.8 Å². The second-order valence-electron chi connectivity index (χ2n) is 5.87. The summed E-state index contributed by atoms with van der Waals surface area (Å²) in [6, 6.07) is 8.40. The van der Waals surface area contributed by atoms with Gasteiger partial charge in [0.25, 0.3) is 5.56 Å². The third kappa shape index (κ3) is 4.94. The fourth-order valence-electron chi connectivity index (χ4n) is 2.08. The number of hydrogen-bond donors (Lipinski definition) is 2. The number of carbonyl (C=O) groups excluding carboxylic acids is 1. The first-order valence-electron chi connectivity index (χ1n) is 8.15. The van der Waals surface area contributed by atoms with Crippen molar-refractivity contribution < 1.29 is 9.53 Å². The lowest BCUT2D eigenvalue weighted by molar-refractivity contribution is 0.0500. The van der Waals surface area contributed by atoms with Gasteiger partial charge in [-0.1, -0.05) is 33.3 Å². The number of carbonyl (C=O) groups is 1. The van der Waals surface area contributed by atoms with Crippen LogP contribution in [-0.2, 0) is 4.74 Å². The van der Waals surface area contributed by atoms with Crippen LogP contribution in [0.15, 0.2) is 35.1 Å². The van der Waals surface area contributed by atoms with Crippen molar-refractivity contribution >= 4 is 17.6 Å². The number of aromatic amines is 1. The van der Waals surface area contributed by atoms with Crippen LogP contribution in [0.25, 0.3) is 0 Å². The molecule has 0 radical (unpaired) electrons. The Bertz CT molecular complexity index is 753. The highest BCUT2D eigenvalue weighted by Crippen LogP contribution is 2.17. The zero-order valence-corrected chi connectivity index (χ0v) is 14.3. The molecule has 24 heavy (non-hydrogen) atoms. The van der Waals surface area contributed by atoms with Crippen molar-refractivity contribution in [2.75, 3.05) is 11.9 Å². The van der Waals surface area contributed by atoms with E-state index in [2.05, 4.69) is 15.3 Å². The molecule has 0 aliphatic heterocycles. The first kappa shape index (κ1) is 17.7. The highest BCUT2D eigenvalue weighted by molar-refractivity contribution is 5.90. The molecule has 1 heterocycles. The van der Waals surface area contributed by atoms with Crippen molar-refractivity contribution in [3.63, 3.8) is 0 Å². The van der Waals surface area contributed by atoms with Gasteiger partial charge in [0.2, 0.25) is 5.95 Å². The van der Waals surface area contributed by atoms with E-state index in [0.29, 0.717) is 29.5 Å². The first-order chi connectivity index (χ1) is 11.5. The molecule has 2 rings (SSSR count). The molecular weight excluding hydrogens is 306 g/mol. The average Bonchev–Trinajstić information content (AvgIpc) is 2.54. The van der Waals surface area contributed by atoms with Crippen LogP contribution in [-0.4, -0.2) is 22.5 Å². The zero-order valence-electron chi connectivity index (χ0n) is 14.3. The lowest BCUT2D eigenvalue weighted by atomic mass is 10.1. The van der Waals surface area contributed by atoms with Gasteiger partial charge in [0.05, 0.1) is 17.9 Å². The Kier molecular flexibility index (Phi) is 6.12. The maximum Gasteiger partial charge on any atom is 0.338 e. The molecule has 0 saturated carbocycles. The summed E-state index contributed by atoms with van der Waals surface area (Å²) in [5, 5.41) is 3.03. The number of ether oxygens (including phenoxy) is 1. The molecule has 1 aromatic heterocycles. The van der Waals surface area contributed by atoms with Gasteiger partial charge < -0.3 is 10.1 Å². The van der Waals surface area contributed by atoms with Crippen molar-refractivity contribution in [3.05, 3.63) is 51.9 Å². The Balaban J connectivity index is 2.15. The second-order valence-corrected chi connectivity index (χ2v) is 5.87. The van der Waals surface area contributed by atoms with Gasteiger partial charge in [-0.25, -0.2) is 9.78 Å². The quantitative estimate of drug-likeness (QED) is 0.599. The minimum Gasteiger partial charge on any atom is -0.462 e. The van der Waals surface area contributed by atoms with Crippen LogP contribution in [0.2, 0.25) is 0 Å². The minimum absolute atomic E-state index is 0.146. The van der Waals surface area contributed by atoms with E-state index in [0.717, 1.165) is 12.8 Å². The monoisotopic (exact) mass is 329 g/mol. The number of unbranched alkanes of at least 4 members (excludes halogenated alkanes) is 1. The Hall–Kier alpha value is -2.63. The second kappa shape index (κ2) is 8.29. The largest absolute Gasteiger partial charge is 0.462 e. The zero-order chi connectivity index (χ0) is 17.5. The van der Waals surface area contributed by atoms with Gasteiger partial charge >= 0.3 is 5.97 Å². The first-order valence-corrected chi connectivity index (χ1v) is 8.15. The topological polar surface area (TPSA) is 84.1 Å². The lowest BCUT2D eigenvalue weighted by Crippen LogP contribution is -2.13. The van der Waals surface area contributed by atoms with Crippen molar-refractivity contribution in [2.24, 2.45) is 0 Å². The van der Waals surface area contributed by atoms with Crippen LogP contribution in [0.3, 0.4) is 0 Å². The lowest BCUT2D eigenvalue weighted by Gasteiger charge is -2.10. The Morgan fingerprint density at radius 2 is 2.12 bits per heavy atom. The van der Waals surface area contributed by atoms with E-state index in [1.54, 1.807) is 24.3 Å². The molecule has 1 aromatic carbocycles. The summed E-state index contributed by atoms with van der Waals surface area (Å²) in [6.45, 7) is 6.40. The van der Waals surface area contributed by atoms with E-state index >= 15 is 0 Å². The molecule has 0 bridgehead atoms. The Labute approximate surface area is 141 Å². The smallest absolute Gasteiger partial charge is 0.338 e. The fourth-order valence-corrected chi connectivity index (χ4v) is 2.08. The van der Waals surface area contributed by atoms with Gasteiger partial charge in [-0.15, -0.1) is 0 Å². The van der Waals surface area contributed by atoms with Crippen LogP contribution in [0.5, 0.6) is 0 Å². The predicted octanol–water partition coefficient (Wildman–Crippen LogP) is 3.59. The maximum atomic E-state index is 12.0. The van der Waals surface area contributed by atoms with E-state index in [1.165, 1.54) is 6.07 Å². The number of rotatable bonds is 7. The molecule has 2 N–H and O–H groups in total. The summed E-state index contributed by atoms with van der Waals surface area (Å²) in [5.41, 5.74) is 1.60. The highest BCUT2D eigenvalue weighted by atomic mass is 16.5. The van der Waals surface area contributed by atoms with Gasteiger partial charge in [0.1, 0.15) is 0 Å². The number of nitrogens with zero attached hydrogens (tertiary/aromatic N) is 1. The van der Waals surface area contributed by atoms with E-state index in [-0.39, 0.29) is 17.4 Å². The molecule has 0 aliphatic carbocycles. The number of esters is 1. The van der Waals surface area contributed by atoms with Crippen LogP contribution < -0.4 is 10.9 Å². The molecule has 2 aromatic rings. The van der Waals surface area contributed by atoms with Crippen LogP contribution in [0.4, 0.5) is 11.6 Å². The average molecular weight is 329 g/mol. The van der Waals surface area contributed by atoms with Gasteiger partial charge in [0.15, 0.2) is 0 Å². The Morgan fingerprint density at radius 1 is 1.33 bits per heavy atom. The van der Waals surface area contributed by atoms with Gasteiger partial charge in [-0.05, 0) is 30.5 Å². The Morgan fingerprint density at radius 3 is 2.83 bits per heavy atom. The maximum absolute atomic E-state index is 12.0. The van der Waals surface area contributed by atoms with E-state index in [1.807, 2.05) is 20.8 Å². The number of nitrogens with one attached hydrogen (secondary N) is 2. The summed E-state index contributed by atoms with van der Waals surface area (Å²) >= 11 is 0. The molecule has 128 valence electrons. The van der Waals surface area contributed by atoms with E-state index in [4.69, 9.17) is 4.74 Å². The summed E-state index contributed by atoms with van der Waals surface area (Å²) in [4.78, 5) is 30.7. The third-order valence-corrected chi connectivity index (χ3v) is 3.45. The van der Waals surface area contributed by atoms with Crippen molar-refractivity contribution in [1.29, 1.82) is 0 Å². The molecule has 0 atom stereocenters. The molecule has 0 fully saturated rings. The van der Waals surface area contributed by atoms with Crippen LogP contribution >= 0.6 is 0 Å². The van der Waals surface area contributed by atoms with Crippen LogP contribution in [0.1, 0.15) is 55.6 Å². The van der Waals surface area contributed by atoms with E-state index < -0.39 is 0 Å². The molecular formula is C18H23N3O3. The molecule has 6 nitrogen and oxygen atoms in total. The van der Waals surface area contributed by atoms with Crippen molar-refractivity contribution in [2.45, 2.75) is 39.5 Å². The molecule has 0 saturated heterocycles. The number of hydrogen-bond acceptors (Lipinski definition) is 5. The number of H-pyrrole nitrogens is 1. The standard InChI is InChI=1S/C18H23N3O3/c1-4-5-9-24-17(23)13-7-6-8-14(10-13)19-18-20-15(12(2)3)11-16(22)21-18/h6-8,10-12H,4-5,9H2,1-3H3,(H2,19,20,21,22). The highest BCUT2D eigenvalue weighted by Gasteiger charge is 2.09. The SMILES string of the molecule is CCCCOC(=O)c1cccc(Nc2nc(C(C)C)cc(=O)[nH]2)c1. The molecule has 0 spiro atoms. The third-order valence-electron chi connectivity index (χ3n) is 3.45. The predicted molar refractivity (Wildman–Crippen MR) is 93.9 cm³/mol. The normalized spacial score (nSPS) is 10.7.